The Balaban J connectivity index is 1.27. The highest BCUT2D eigenvalue weighted by Crippen LogP contribution is 2.30. The lowest BCUT2D eigenvalue weighted by molar-refractivity contribution is -0.139. The van der Waals surface area contributed by atoms with E-state index in [0.717, 1.165) is 31.4 Å². The van der Waals surface area contributed by atoms with Crippen LogP contribution in [0.2, 0.25) is 0 Å². The second-order valence-electron chi connectivity index (χ2n) is 8.49. The van der Waals surface area contributed by atoms with Gasteiger partial charge in [-0.3, -0.25) is 9.59 Å². The lowest BCUT2D eigenvalue weighted by atomic mass is 9.93. The van der Waals surface area contributed by atoms with E-state index >= 15 is 0 Å². The molecule has 0 aromatic carbocycles. The van der Waals surface area contributed by atoms with Crippen molar-refractivity contribution in [3.05, 3.63) is 45.9 Å². The molecule has 2 fully saturated rings. The molecule has 13 heteroatoms. The van der Waals surface area contributed by atoms with Crippen LogP contribution in [0.3, 0.4) is 0 Å². The number of anilines is 1. The van der Waals surface area contributed by atoms with Gasteiger partial charge in [0.1, 0.15) is 5.56 Å². The molecule has 4 rings (SSSR count). The smallest absolute Gasteiger partial charge is 0.339 e. The Morgan fingerprint density at radius 2 is 1.82 bits per heavy atom. The highest BCUT2D eigenvalue weighted by molar-refractivity contribution is 5.76. The molecule has 2 aliphatic rings. The number of carbonyl (C=O) groups excluding carboxylic acids is 1. The molecule has 1 N–H and O–H groups in total. The van der Waals surface area contributed by atoms with Crippen molar-refractivity contribution >= 4 is 11.9 Å². The van der Waals surface area contributed by atoms with E-state index in [0.29, 0.717) is 58.1 Å². The minimum absolute atomic E-state index is 0.00308. The molecule has 4 heterocycles. The van der Waals surface area contributed by atoms with Crippen LogP contribution < -0.4 is 10.5 Å². The Kier molecular flexibility index (Phi) is 7.10. The molecule has 2 aromatic heterocycles. The number of halogens is 4. The Labute approximate surface area is 192 Å². The molecule has 0 bridgehead atoms. The van der Waals surface area contributed by atoms with Crippen LogP contribution in [0, 0.1) is 5.82 Å². The Bertz CT molecular complexity index is 1050. The van der Waals surface area contributed by atoms with E-state index in [1.54, 1.807) is 4.90 Å². The first-order valence-corrected chi connectivity index (χ1v) is 11.1. The third-order valence-corrected chi connectivity index (χ3v) is 6.22. The normalized spacial score (nSPS) is 19.9. The summed E-state index contributed by atoms with van der Waals surface area (Å²) in [6.07, 6.45) is -0.798. The van der Waals surface area contributed by atoms with Crippen molar-refractivity contribution in [2.45, 2.75) is 31.4 Å². The van der Waals surface area contributed by atoms with Gasteiger partial charge in [0.2, 0.25) is 11.9 Å². The fourth-order valence-corrected chi connectivity index (χ4v) is 4.38. The van der Waals surface area contributed by atoms with Crippen LogP contribution in [0.1, 0.15) is 36.4 Å². The molecule has 0 radical (unpaired) electrons. The number of piperidine rings is 1. The number of likely N-dealkylation sites (tertiary alicyclic amines) is 1. The standard InChI is InChI=1S/C21H25F4N7O2/c22-15-11-26-20(27-12-15)32-8-6-31(7-9-32)18(33)3-5-30-4-1-2-14(13-30)17-10-16(21(23,24)25)19(34)29-28-17/h10-12,14H,1-9,13H2,(H,29,34). The number of H-pyrrole nitrogens is 1. The minimum atomic E-state index is -4.74. The molecule has 1 unspecified atom stereocenters. The van der Waals surface area contributed by atoms with E-state index in [1.165, 1.54) is 0 Å². The highest BCUT2D eigenvalue weighted by atomic mass is 19.4. The fraction of sp³-hybridized carbons (Fsp3) is 0.571. The van der Waals surface area contributed by atoms with Crippen molar-refractivity contribution in [1.29, 1.82) is 0 Å². The van der Waals surface area contributed by atoms with Gasteiger partial charge in [0.15, 0.2) is 5.82 Å². The number of hydrogen-bond donors (Lipinski definition) is 1. The molecule has 0 saturated carbocycles. The number of aromatic amines is 1. The Hall–Kier alpha value is -3.09. The van der Waals surface area contributed by atoms with Crippen LogP contribution in [0.15, 0.2) is 23.3 Å². The van der Waals surface area contributed by atoms with Crippen LogP contribution in [-0.4, -0.2) is 81.7 Å². The second kappa shape index (κ2) is 10.0. The predicted octanol–water partition coefficient (Wildman–Crippen LogP) is 1.64. The number of rotatable bonds is 5. The van der Waals surface area contributed by atoms with Gasteiger partial charge in [0.25, 0.3) is 5.56 Å². The molecular weight excluding hydrogens is 458 g/mol. The quantitative estimate of drug-likeness (QED) is 0.646. The number of nitrogens with zero attached hydrogens (tertiary/aromatic N) is 6. The first kappa shape index (κ1) is 24.0. The molecule has 0 spiro atoms. The number of piperazine rings is 1. The second-order valence-corrected chi connectivity index (χ2v) is 8.49. The van der Waals surface area contributed by atoms with E-state index in [-0.39, 0.29) is 17.5 Å². The number of hydrogen-bond acceptors (Lipinski definition) is 7. The van der Waals surface area contributed by atoms with Crippen molar-refractivity contribution in [2.24, 2.45) is 0 Å². The molecule has 2 saturated heterocycles. The first-order chi connectivity index (χ1) is 16.2. The summed E-state index contributed by atoms with van der Waals surface area (Å²) in [5, 5.41) is 5.80. The molecule has 9 nitrogen and oxygen atoms in total. The highest BCUT2D eigenvalue weighted by Gasteiger charge is 2.35. The topological polar surface area (TPSA) is 98.3 Å². The predicted molar refractivity (Wildman–Crippen MR) is 114 cm³/mol. The minimum Gasteiger partial charge on any atom is -0.339 e. The monoisotopic (exact) mass is 483 g/mol. The molecule has 1 atom stereocenters. The maximum atomic E-state index is 13.1. The summed E-state index contributed by atoms with van der Waals surface area (Å²) < 4.78 is 52.2. The van der Waals surface area contributed by atoms with E-state index < -0.39 is 23.1 Å². The van der Waals surface area contributed by atoms with Gasteiger partial charge in [-0.1, -0.05) is 0 Å². The first-order valence-electron chi connectivity index (χ1n) is 11.1. The zero-order valence-corrected chi connectivity index (χ0v) is 18.4. The van der Waals surface area contributed by atoms with E-state index in [9.17, 15) is 27.2 Å². The summed E-state index contributed by atoms with van der Waals surface area (Å²) in [5.41, 5.74) is -2.28. The van der Waals surface area contributed by atoms with Crippen molar-refractivity contribution in [1.82, 2.24) is 30.0 Å². The fourth-order valence-electron chi connectivity index (χ4n) is 4.38. The third kappa shape index (κ3) is 5.69. The van der Waals surface area contributed by atoms with Crippen LogP contribution in [0.5, 0.6) is 0 Å². The number of carbonyl (C=O) groups is 1. The molecule has 34 heavy (non-hydrogen) atoms. The van der Waals surface area contributed by atoms with Crippen molar-refractivity contribution < 1.29 is 22.4 Å². The van der Waals surface area contributed by atoms with Gasteiger partial charge in [-0.15, -0.1) is 0 Å². The molecule has 1 amide bonds. The van der Waals surface area contributed by atoms with E-state index in [4.69, 9.17) is 0 Å². The van der Waals surface area contributed by atoms with Gasteiger partial charge < -0.3 is 14.7 Å². The molecule has 2 aliphatic heterocycles. The maximum absolute atomic E-state index is 13.1. The summed E-state index contributed by atoms with van der Waals surface area (Å²) in [6.45, 7) is 3.80. The third-order valence-electron chi connectivity index (χ3n) is 6.22. The summed E-state index contributed by atoms with van der Waals surface area (Å²) in [4.78, 5) is 37.8. The van der Waals surface area contributed by atoms with Crippen molar-refractivity contribution in [2.75, 3.05) is 50.7 Å². The van der Waals surface area contributed by atoms with Gasteiger partial charge >= 0.3 is 6.18 Å². The molecule has 184 valence electrons. The molecular formula is C21H25F4N7O2. The van der Waals surface area contributed by atoms with Gasteiger partial charge in [-0.25, -0.2) is 19.5 Å². The van der Waals surface area contributed by atoms with Crippen molar-refractivity contribution in [3.63, 3.8) is 0 Å². The van der Waals surface area contributed by atoms with Gasteiger partial charge in [0.05, 0.1) is 18.1 Å². The lowest BCUT2D eigenvalue weighted by Gasteiger charge is -2.36. The summed E-state index contributed by atoms with van der Waals surface area (Å²) >= 11 is 0. The Morgan fingerprint density at radius 1 is 1.12 bits per heavy atom. The molecule has 2 aromatic rings. The van der Waals surface area contributed by atoms with E-state index in [1.807, 2.05) is 10.00 Å². The summed E-state index contributed by atoms with van der Waals surface area (Å²) in [7, 11) is 0. The van der Waals surface area contributed by atoms with Gasteiger partial charge in [-0.2, -0.15) is 18.3 Å². The van der Waals surface area contributed by atoms with Crippen molar-refractivity contribution in [3.8, 4) is 0 Å². The average Bonchev–Trinajstić information content (AvgIpc) is 2.83. The summed E-state index contributed by atoms with van der Waals surface area (Å²) in [6, 6.07) is 0.836. The lowest BCUT2D eigenvalue weighted by Crippen LogP contribution is -2.50. The largest absolute Gasteiger partial charge is 0.421 e. The average molecular weight is 483 g/mol. The number of amides is 1. The summed E-state index contributed by atoms with van der Waals surface area (Å²) in [5.74, 6) is -0.323. The number of aromatic nitrogens is 4. The number of alkyl halides is 3. The van der Waals surface area contributed by atoms with Crippen LogP contribution in [0.4, 0.5) is 23.5 Å². The zero-order valence-electron chi connectivity index (χ0n) is 18.4. The van der Waals surface area contributed by atoms with Crippen LogP contribution in [0.25, 0.3) is 0 Å². The van der Waals surface area contributed by atoms with Gasteiger partial charge in [-0.05, 0) is 25.5 Å². The van der Waals surface area contributed by atoms with Gasteiger partial charge in [0, 0.05) is 51.6 Å². The van der Waals surface area contributed by atoms with Crippen LogP contribution in [-0.2, 0) is 11.0 Å². The van der Waals surface area contributed by atoms with Crippen LogP contribution >= 0.6 is 0 Å². The zero-order chi connectivity index (χ0) is 24.3. The van der Waals surface area contributed by atoms with E-state index in [2.05, 4.69) is 20.0 Å². The number of nitrogens with one attached hydrogen (secondary N) is 1. The SMILES string of the molecule is O=C(CCN1CCCC(c2cc(C(F)(F)F)c(=O)[nH]n2)C1)N1CCN(c2ncc(F)cn2)CC1. The molecule has 0 aliphatic carbocycles. The Morgan fingerprint density at radius 3 is 2.50 bits per heavy atom. The maximum Gasteiger partial charge on any atom is 0.421 e.